The quantitative estimate of drug-likeness (QED) is 0.814. The first-order chi connectivity index (χ1) is 11.9. The number of ether oxygens (including phenoxy) is 2. The molecule has 0 aromatic heterocycles. The molecule has 0 heterocycles. The minimum atomic E-state index is -0.980. The Labute approximate surface area is 145 Å². The summed E-state index contributed by atoms with van der Waals surface area (Å²) in [5.41, 5.74) is 1.56. The van der Waals surface area contributed by atoms with Gasteiger partial charge in [-0.3, -0.25) is 4.79 Å². The Kier molecular flexibility index (Phi) is 6.11. The van der Waals surface area contributed by atoms with E-state index in [9.17, 15) is 14.0 Å². The molecular weight excluding hydrogens is 325 g/mol. The first-order valence-electron chi connectivity index (χ1n) is 7.86. The number of hydrogen-bond donors (Lipinski definition) is 1. The normalized spacial score (nSPS) is 12.8. The van der Waals surface area contributed by atoms with Gasteiger partial charge >= 0.3 is 5.97 Å². The van der Waals surface area contributed by atoms with E-state index in [4.69, 9.17) is 9.47 Å². The second-order valence-electron chi connectivity index (χ2n) is 5.60. The summed E-state index contributed by atoms with van der Waals surface area (Å²) in [5, 5.41) is 2.71. The predicted octanol–water partition coefficient (Wildman–Crippen LogP) is 3.47. The minimum Gasteiger partial charge on any atom is -0.479 e. The lowest BCUT2D eigenvalue weighted by Gasteiger charge is -2.18. The van der Waals surface area contributed by atoms with E-state index < -0.39 is 29.9 Å². The molecule has 0 aliphatic carbocycles. The van der Waals surface area contributed by atoms with Crippen molar-refractivity contribution in [2.75, 3.05) is 5.32 Å². The molecular formula is C19H20FNO4. The lowest BCUT2D eigenvalue weighted by Crippen LogP contribution is -2.35. The van der Waals surface area contributed by atoms with Crippen LogP contribution < -0.4 is 10.1 Å². The molecule has 0 fully saturated rings. The highest BCUT2D eigenvalue weighted by Crippen LogP contribution is 2.15. The van der Waals surface area contributed by atoms with E-state index in [1.54, 1.807) is 12.1 Å². The lowest BCUT2D eigenvalue weighted by molar-refractivity contribution is -0.159. The minimum absolute atomic E-state index is 0.336. The van der Waals surface area contributed by atoms with Crippen LogP contribution >= 0.6 is 0 Å². The molecule has 25 heavy (non-hydrogen) atoms. The van der Waals surface area contributed by atoms with Gasteiger partial charge in [0, 0.05) is 5.69 Å². The zero-order chi connectivity index (χ0) is 18.4. The fourth-order valence-corrected chi connectivity index (χ4v) is 2.04. The van der Waals surface area contributed by atoms with Gasteiger partial charge in [0.05, 0.1) is 0 Å². The van der Waals surface area contributed by atoms with E-state index >= 15 is 0 Å². The summed E-state index contributed by atoms with van der Waals surface area (Å²) < 4.78 is 23.4. The highest BCUT2D eigenvalue weighted by Gasteiger charge is 2.23. The van der Waals surface area contributed by atoms with Crippen LogP contribution in [-0.4, -0.2) is 24.1 Å². The number of nitrogens with one attached hydrogen (secondary N) is 1. The molecule has 0 aliphatic rings. The average molecular weight is 345 g/mol. The molecule has 0 bridgehead atoms. The van der Waals surface area contributed by atoms with Crippen molar-refractivity contribution < 1.29 is 23.5 Å². The van der Waals surface area contributed by atoms with E-state index in [2.05, 4.69) is 5.32 Å². The van der Waals surface area contributed by atoms with Crippen LogP contribution in [0.25, 0.3) is 0 Å². The van der Waals surface area contributed by atoms with Gasteiger partial charge in [-0.2, -0.15) is 0 Å². The van der Waals surface area contributed by atoms with E-state index in [0.717, 1.165) is 5.56 Å². The number of rotatable bonds is 6. The molecule has 1 N–H and O–H groups in total. The first-order valence-corrected chi connectivity index (χ1v) is 7.86. The largest absolute Gasteiger partial charge is 0.479 e. The molecule has 0 spiro atoms. The van der Waals surface area contributed by atoms with E-state index in [0.29, 0.717) is 11.4 Å². The summed E-state index contributed by atoms with van der Waals surface area (Å²) in [6.07, 6.45) is -1.91. The monoisotopic (exact) mass is 345 g/mol. The van der Waals surface area contributed by atoms with E-state index in [1.807, 2.05) is 19.1 Å². The number of benzene rings is 2. The maximum atomic E-state index is 12.9. The van der Waals surface area contributed by atoms with Crippen molar-refractivity contribution in [3.8, 4) is 5.75 Å². The number of halogens is 1. The molecule has 0 aliphatic heterocycles. The first kappa shape index (κ1) is 18.4. The lowest BCUT2D eigenvalue weighted by atomic mass is 10.2. The Morgan fingerprint density at radius 1 is 1.00 bits per heavy atom. The van der Waals surface area contributed by atoms with Gasteiger partial charge in [-0.25, -0.2) is 9.18 Å². The average Bonchev–Trinajstić information content (AvgIpc) is 2.58. The van der Waals surface area contributed by atoms with Crippen molar-refractivity contribution in [1.82, 2.24) is 0 Å². The summed E-state index contributed by atoms with van der Waals surface area (Å²) in [6, 6.07) is 12.6. The Hall–Kier alpha value is -2.89. The Bertz CT molecular complexity index is 745. The third kappa shape index (κ3) is 5.31. The van der Waals surface area contributed by atoms with E-state index in [1.165, 1.54) is 38.1 Å². The number of aryl methyl sites for hydroxylation is 1. The second-order valence-corrected chi connectivity index (χ2v) is 5.60. The molecule has 2 aromatic carbocycles. The number of carbonyl (C=O) groups is 2. The predicted molar refractivity (Wildman–Crippen MR) is 91.9 cm³/mol. The van der Waals surface area contributed by atoms with Crippen LogP contribution in [0.4, 0.5) is 10.1 Å². The summed E-state index contributed by atoms with van der Waals surface area (Å²) >= 11 is 0. The zero-order valence-corrected chi connectivity index (χ0v) is 14.3. The van der Waals surface area contributed by atoms with Crippen molar-refractivity contribution in [2.24, 2.45) is 0 Å². The summed E-state index contributed by atoms with van der Waals surface area (Å²) in [4.78, 5) is 24.2. The highest BCUT2D eigenvalue weighted by molar-refractivity contribution is 5.95. The van der Waals surface area contributed by atoms with Crippen molar-refractivity contribution in [2.45, 2.75) is 33.0 Å². The van der Waals surface area contributed by atoms with Gasteiger partial charge in [0.15, 0.2) is 12.2 Å². The summed E-state index contributed by atoms with van der Waals surface area (Å²) in [7, 11) is 0. The number of anilines is 1. The molecule has 2 atom stereocenters. The molecule has 0 saturated heterocycles. The maximum absolute atomic E-state index is 12.9. The van der Waals surface area contributed by atoms with E-state index in [-0.39, 0.29) is 0 Å². The third-order valence-corrected chi connectivity index (χ3v) is 3.52. The van der Waals surface area contributed by atoms with Crippen molar-refractivity contribution in [3.05, 3.63) is 59.9 Å². The van der Waals surface area contributed by atoms with Crippen molar-refractivity contribution in [1.29, 1.82) is 0 Å². The third-order valence-electron chi connectivity index (χ3n) is 3.52. The number of esters is 1. The van der Waals surface area contributed by atoms with Crippen LogP contribution in [0.3, 0.4) is 0 Å². The molecule has 1 amide bonds. The highest BCUT2D eigenvalue weighted by atomic mass is 19.1. The molecule has 2 rings (SSSR count). The number of amides is 1. The number of hydrogen-bond acceptors (Lipinski definition) is 4. The van der Waals surface area contributed by atoms with Gasteiger partial charge in [0.1, 0.15) is 11.6 Å². The van der Waals surface area contributed by atoms with Crippen LogP contribution in [0.5, 0.6) is 5.75 Å². The van der Waals surface area contributed by atoms with Gasteiger partial charge in [-0.05, 0) is 56.7 Å². The molecule has 0 radical (unpaired) electrons. The standard InChI is InChI=1S/C19H20FNO4/c1-12-6-4-5-7-17(12)21-18(22)13(2)25-19(23)14(3)24-16-10-8-15(20)9-11-16/h4-11,13-14H,1-3H3,(H,21,22)/t13-,14-/m0/s1. The molecule has 0 saturated carbocycles. The van der Waals surface area contributed by atoms with Gasteiger partial charge in [0.25, 0.3) is 5.91 Å². The molecule has 0 unspecified atom stereocenters. The summed E-state index contributed by atoms with van der Waals surface area (Å²) in [5.74, 6) is -1.18. The number of para-hydroxylation sites is 1. The van der Waals surface area contributed by atoms with Gasteiger partial charge in [-0.1, -0.05) is 18.2 Å². The topological polar surface area (TPSA) is 64.6 Å². The van der Waals surface area contributed by atoms with Crippen LogP contribution in [0.2, 0.25) is 0 Å². The van der Waals surface area contributed by atoms with Gasteiger partial charge in [-0.15, -0.1) is 0 Å². The molecule has 5 nitrogen and oxygen atoms in total. The fourth-order valence-electron chi connectivity index (χ4n) is 2.04. The van der Waals surface area contributed by atoms with Crippen LogP contribution in [0.15, 0.2) is 48.5 Å². The van der Waals surface area contributed by atoms with Gasteiger partial charge in [0.2, 0.25) is 0 Å². The fraction of sp³-hybridized carbons (Fsp3) is 0.263. The summed E-state index contributed by atoms with van der Waals surface area (Å²) in [6.45, 7) is 4.85. The van der Waals surface area contributed by atoms with Crippen molar-refractivity contribution >= 4 is 17.6 Å². The SMILES string of the molecule is Cc1ccccc1NC(=O)[C@H](C)OC(=O)[C@H](C)Oc1ccc(F)cc1. The second kappa shape index (κ2) is 8.28. The van der Waals surface area contributed by atoms with Crippen molar-refractivity contribution in [3.63, 3.8) is 0 Å². The smallest absolute Gasteiger partial charge is 0.347 e. The molecule has 6 heteroatoms. The molecule has 2 aromatic rings. The molecule has 132 valence electrons. The Morgan fingerprint density at radius 3 is 2.28 bits per heavy atom. The van der Waals surface area contributed by atoms with Crippen LogP contribution in [0.1, 0.15) is 19.4 Å². The maximum Gasteiger partial charge on any atom is 0.347 e. The Balaban J connectivity index is 1.89. The van der Waals surface area contributed by atoms with Crippen LogP contribution in [-0.2, 0) is 14.3 Å². The number of carbonyl (C=O) groups excluding carboxylic acids is 2. The van der Waals surface area contributed by atoms with Crippen LogP contribution in [0, 0.1) is 12.7 Å². The van der Waals surface area contributed by atoms with Gasteiger partial charge < -0.3 is 14.8 Å². The Morgan fingerprint density at radius 2 is 1.64 bits per heavy atom. The zero-order valence-electron chi connectivity index (χ0n) is 14.3.